The molecule has 7 heteroatoms. The molecule has 0 aliphatic rings. The lowest BCUT2D eigenvalue weighted by Gasteiger charge is -2.26. The average Bonchev–Trinajstić information content (AvgIpc) is 2.68. The van der Waals surface area contributed by atoms with Crippen molar-refractivity contribution < 1.29 is 20.4 Å². The molecule has 4 N–H and O–H groups in total. The molecule has 0 unspecified atom stereocenters. The van der Waals surface area contributed by atoms with Crippen molar-refractivity contribution in [3.63, 3.8) is 0 Å². The molecule has 0 bridgehead atoms. The van der Waals surface area contributed by atoms with Crippen LogP contribution in [0, 0.1) is 27.7 Å². The van der Waals surface area contributed by atoms with Crippen LogP contribution in [0.4, 0.5) is 11.4 Å². The molecule has 152 valence electrons. The van der Waals surface area contributed by atoms with Crippen LogP contribution in [0.2, 0.25) is 0 Å². The maximum absolute atomic E-state index is 10.3. The fourth-order valence-electron chi connectivity index (χ4n) is 2.62. The van der Waals surface area contributed by atoms with Gasteiger partial charge in [-0.25, -0.2) is 5.01 Å². The maximum Gasteiger partial charge on any atom is 0.110 e. The summed E-state index contributed by atoms with van der Waals surface area (Å²) >= 11 is 0. The Morgan fingerprint density at radius 3 is 2.00 bits per heavy atom. The van der Waals surface area contributed by atoms with Gasteiger partial charge in [-0.2, -0.15) is 0 Å². The Morgan fingerprint density at radius 2 is 1.43 bits per heavy atom. The third kappa shape index (κ3) is 5.59. The van der Waals surface area contributed by atoms with E-state index >= 15 is 0 Å². The summed E-state index contributed by atoms with van der Waals surface area (Å²) in [4.78, 5) is 0. The summed E-state index contributed by atoms with van der Waals surface area (Å²) in [5.41, 5.74) is 5.78. The number of aliphatic hydroxyl groups is 4. The number of aliphatic hydroxyl groups excluding tert-OH is 4. The summed E-state index contributed by atoms with van der Waals surface area (Å²) in [6.07, 6.45) is -4.27. The molecule has 2 rings (SSSR count). The molecule has 2 aromatic carbocycles. The highest BCUT2D eigenvalue weighted by molar-refractivity contribution is 5.50. The van der Waals surface area contributed by atoms with Crippen LogP contribution in [0.5, 0.6) is 0 Å². The highest BCUT2D eigenvalue weighted by Crippen LogP contribution is 2.23. The molecule has 0 fully saturated rings. The standard InChI is InChI=1S/C21H29N3O4/c1-13-5-7-17(9-15(13)3)22-23-24(11-19(26)21(28)20(27)12-25)18-8-6-14(2)16(4)10-18/h5-10,19-21,25-28H,11-12H2,1-4H3/t19-,20-,21-/m0/s1. The van der Waals surface area contributed by atoms with Crippen LogP contribution < -0.4 is 5.01 Å². The minimum atomic E-state index is -1.50. The summed E-state index contributed by atoms with van der Waals surface area (Å²) < 4.78 is 0. The summed E-state index contributed by atoms with van der Waals surface area (Å²) in [6.45, 7) is 7.23. The molecule has 28 heavy (non-hydrogen) atoms. The van der Waals surface area contributed by atoms with Crippen LogP contribution in [-0.4, -0.2) is 51.9 Å². The molecule has 0 spiro atoms. The van der Waals surface area contributed by atoms with E-state index < -0.39 is 24.9 Å². The van der Waals surface area contributed by atoms with Gasteiger partial charge in [0, 0.05) is 0 Å². The lowest BCUT2D eigenvalue weighted by Crippen LogP contribution is -2.44. The van der Waals surface area contributed by atoms with Gasteiger partial charge in [0.05, 0.1) is 24.5 Å². The highest BCUT2D eigenvalue weighted by Gasteiger charge is 2.26. The molecule has 3 atom stereocenters. The Hall–Kier alpha value is -2.32. The van der Waals surface area contributed by atoms with Gasteiger partial charge in [0.1, 0.15) is 18.3 Å². The molecule has 0 saturated carbocycles. The van der Waals surface area contributed by atoms with Crippen molar-refractivity contribution in [3.8, 4) is 0 Å². The molecule has 7 nitrogen and oxygen atoms in total. The Morgan fingerprint density at radius 1 is 0.821 bits per heavy atom. The predicted octanol–water partition coefficient (Wildman–Crippen LogP) is 2.50. The van der Waals surface area contributed by atoms with Crippen molar-refractivity contribution in [3.05, 3.63) is 58.7 Å². The van der Waals surface area contributed by atoms with E-state index in [-0.39, 0.29) is 6.54 Å². The zero-order valence-corrected chi connectivity index (χ0v) is 16.7. The number of aryl methyl sites for hydroxylation is 4. The van der Waals surface area contributed by atoms with Crippen LogP contribution in [0.3, 0.4) is 0 Å². The predicted molar refractivity (Wildman–Crippen MR) is 109 cm³/mol. The van der Waals surface area contributed by atoms with Gasteiger partial charge in [0.2, 0.25) is 0 Å². The van der Waals surface area contributed by atoms with Gasteiger partial charge >= 0.3 is 0 Å². The molecular weight excluding hydrogens is 358 g/mol. The van der Waals surface area contributed by atoms with E-state index in [1.807, 2.05) is 64.1 Å². The zero-order chi connectivity index (χ0) is 20.8. The van der Waals surface area contributed by atoms with Crippen LogP contribution in [0.1, 0.15) is 22.3 Å². The lowest BCUT2D eigenvalue weighted by molar-refractivity contribution is -0.0732. The second-order valence-corrected chi connectivity index (χ2v) is 7.12. The van der Waals surface area contributed by atoms with Crippen LogP contribution in [0.25, 0.3) is 0 Å². The molecule has 2 aromatic rings. The van der Waals surface area contributed by atoms with Crippen molar-refractivity contribution in [1.82, 2.24) is 0 Å². The van der Waals surface area contributed by atoms with Crippen molar-refractivity contribution >= 4 is 11.4 Å². The summed E-state index contributed by atoms with van der Waals surface area (Å²) in [6, 6.07) is 11.4. The molecule has 0 aromatic heterocycles. The van der Waals surface area contributed by atoms with Gasteiger partial charge in [0.25, 0.3) is 0 Å². The Labute approximate surface area is 165 Å². The average molecular weight is 387 g/mol. The quantitative estimate of drug-likeness (QED) is 0.411. The monoisotopic (exact) mass is 387 g/mol. The number of anilines is 1. The van der Waals surface area contributed by atoms with E-state index in [0.29, 0.717) is 11.4 Å². The first-order valence-corrected chi connectivity index (χ1v) is 9.21. The van der Waals surface area contributed by atoms with E-state index in [1.165, 1.54) is 5.01 Å². The molecule has 0 aliphatic carbocycles. The normalized spacial score (nSPS) is 14.9. The summed E-state index contributed by atoms with van der Waals surface area (Å²) in [7, 11) is 0. The fraction of sp³-hybridized carbons (Fsp3) is 0.429. The topological polar surface area (TPSA) is 109 Å². The third-order valence-electron chi connectivity index (χ3n) is 4.88. The lowest BCUT2D eigenvalue weighted by atomic mass is 10.1. The van der Waals surface area contributed by atoms with E-state index in [1.54, 1.807) is 0 Å². The van der Waals surface area contributed by atoms with Gasteiger partial charge in [-0.15, -0.1) is 5.11 Å². The zero-order valence-electron chi connectivity index (χ0n) is 16.7. The van der Waals surface area contributed by atoms with Gasteiger partial charge in [-0.3, -0.25) is 0 Å². The first-order chi connectivity index (χ1) is 13.2. The minimum Gasteiger partial charge on any atom is -0.394 e. The highest BCUT2D eigenvalue weighted by atomic mass is 16.4. The van der Waals surface area contributed by atoms with E-state index in [9.17, 15) is 15.3 Å². The third-order valence-corrected chi connectivity index (χ3v) is 4.88. The van der Waals surface area contributed by atoms with Crippen LogP contribution in [0.15, 0.2) is 46.7 Å². The van der Waals surface area contributed by atoms with Crippen molar-refractivity contribution in [1.29, 1.82) is 0 Å². The van der Waals surface area contributed by atoms with Crippen LogP contribution >= 0.6 is 0 Å². The number of hydrogen-bond acceptors (Lipinski definition) is 6. The Balaban J connectivity index is 2.30. The Kier molecular flexibility index (Phi) is 7.65. The number of hydrogen-bond donors (Lipinski definition) is 4. The van der Waals surface area contributed by atoms with Crippen molar-refractivity contribution in [2.45, 2.75) is 46.0 Å². The maximum atomic E-state index is 10.3. The van der Waals surface area contributed by atoms with Crippen molar-refractivity contribution in [2.75, 3.05) is 18.2 Å². The molecule has 0 saturated heterocycles. The molecule has 0 amide bonds. The van der Waals surface area contributed by atoms with E-state index in [2.05, 4.69) is 10.3 Å². The number of rotatable bonds is 8. The van der Waals surface area contributed by atoms with Crippen LogP contribution in [-0.2, 0) is 0 Å². The largest absolute Gasteiger partial charge is 0.394 e. The van der Waals surface area contributed by atoms with Gasteiger partial charge in [-0.1, -0.05) is 17.4 Å². The van der Waals surface area contributed by atoms with Gasteiger partial charge < -0.3 is 20.4 Å². The molecule has 0 radical (unpaired) electrons. The molecule has 0 heterocycles. The summed E-state index contributed by atoms with van der Waals surface area (Å²) in [5.74, 6) is 0. The second kappa shape index (κ2) is 9.75. The SMILES string of the molecule is Cc1ccc(N=NN(C[C@H](O)[C@H](O)[C@@H](O)CO)c2ccc(C)c(C)c2)cc1C. The molecular formula is C21H29N3O4. The second-order valence-electron chi connectivity index (χ2n) is 7.12. The molecule has 0 aliphatic heterocycles. The first-order valence-electron chi connectivity index (χ1n) is 9.21. The fourth-order valence-corrected chi connectivity index (χ4v) is 2.62. The van der Waals surface area contributed by atoms with Crippen molar-refractivity contribution in [2.24, 2.45) is 10.3 Å². The summed E-state index contributed by atoms with van der Waals surface area (Å²) in [5, 5.41) is 48.8. The smallest absolute Gasteiger partial charge is 0.110 e. The van der Waals surface area contributed by atoms with Gasteiger partial charge in [0.15, 0.2) is 0 Å². The number of nitrogens with zero attached hydrogens (tertiary/aromatic N) is 3. The van der Waals surface area contributed by atoms with E-state index in [0.717, 1.165) is 22.3 Å². The van der Waals surface area contributed by atoms with Gasteiger partial charge in [-0.05, 0) is 74.2 Å². The first kappa shape index (κ1) is 22.0. The minimum absolute atomic E-state index is 0.102. The Bertz CT molecular complexity index is 825. The van der Waals surface area contributed by atoms with E-state index in [4.69, 9.17) is 5.11 Å². The number of benzene rings is 2.